The first-order valence-corrected chi connectivity index (χ1v) is 7.48. The number of anilines is 1. The molecule has 1 aromatic carbocycles. The molecule has 1 aliphatic heterocycles. The van der Waals surface area contributed by atoms with E-state index in [1.165, 1.54) is 0 Å². The summed E-state index contributed by atoms with van der Waals surface area (Å²) < 4.78 is 5.49. The van der Waals surface area contributed by atoms with Crippen molar-refractivity contribution in [2.24, 2.45) is 0 Å². The Morgan fingerprint density at radius 1 is 1.35 bits per heavy atom. The Bertz CT molecular complexity index is 462. The topological polar surface area (TPSA) is 50.4 Å². The van der Waals surface area contributed by atoms with E-state index in [4.69, 9.17) is 27.9 Å². The number of rotatable bonds is 6. The molecule has 0 bridgehead atoms. The van der Waals surface area contributed by atoms with Crippen LogP contribution in [0.1, 0.15) is 19.3 Å². The summed E-state index contributed by atoms with van der Waals surface area (Å²) in [7, 11) is 0. The standard InChI is InChI=1S/C14H18Cl2N2O2/c15-12-4-3-10(8-13(12)16)18-14(19)5-6-17-9-11-2-1-7-20-11/h3-4,8,11,17H,1-2,5-7,9H2,(H,18,19). The number of hydrogen-bond acceptors (Lipinski definition) is 3. The lowest BCUT2D eigenvalue weighted by Crippen LogP contribution is -2.29. The summed E-state index contributed by atoms with van der Waals surface area (Å²) in [6.45, 7) is 2.29. The number of carbonyl (C=O) groups is 1. The van der Waals surface area contributed by atoms with Gasteiger partial charge in [-0.3, -0.25) is 4.79 Å². The third kappa shape index (κ3) is 4.94. The van der Waals surface area contributed by atoms with Crippen molar-refractivity contribution < 1.29 is 9.53 Å². The van der Waals surface area contributed by atoms with Gasteiger partial charge in [0.1, 0.15) is 0 Å². The van der Waals surface area contributed by atoms with Gasteiger partial charge in [-0.1, -0.05) is 23.2 Å². The summed E-state index contributed by atoms with van der Waals surface area (Å²) in [5, 5.41) is 6.92. The van der Waals surface area contributed by atoms with Crippen molar-refractivity contribution in [2.75, 3.05) is 25.0 Å². The number of ether oxygens (including phenoxy) is 1. The number of nitrogens with one attached hydrogen (secondary N) is 2. The molecule has 1 fully saturated rings. The minimum absolute atomic E-state index is 0.0526. The average Bonchev–Trinajstić information content (AvgIpc) is 2.92. The molecule has 1 unspecified atom stereocenters. The molecule has 0 radical (unpaired) electrons. The van der Waals surface area contributed by atoms with Gasteiger partial charge in [0, 0.05) is 31.8 Å². The van der Waals surface area contributed by atoms with Gasteiger partial charge in [0.25, 0.3) is 0 Å². The lowest BCUT2D eigenvalue weighted by Gasteiger charge is -2.10. The van der Waals surface area contributed by atoms with Gasteiger partial charge in [0.15, 0.2) is 0 Å². The van der Waals surface area contributed by atoms with E-state index in [2.05, 4.69) is 10.6 Å². The summed E-state index contributed by atoms with van der Waals surface area (Å²) in [5.74, 6) is -0.0526. The Balaban J connectivity index is 1.65. The lowest BCUT2D eigenvalue weighted by atomic mass is 10.2. The second-order valence-electron chi connectivity index (χ2n) is 4.77. The molecule has 4 nitrogen and oxygen atoms in total. The van der Waals surface area contributed by atoms with E-state index in [9.17, 15) is 4.79 Å². The van der Waals surface area contributed by atoms with E-state index in [1.54, 1.807) is 18.2 Å². The maximum Gasteiger partial charge on any atom is 0.225 e. The SMILES string of the molecule is O=C(CCNCC1CCCO1)Nc1ccc(Cl)c(Cl)c1. The molecule has 1 amide bonds. The van der Waals surface area contributed by atoms with Crippen molar-refractivity contribution >= 4 is 34.8 Å². The zero-order valence-electron chi connectivity index (χ0n) is 11.1. The minimum Gasteiger partial charge on any atom is -0.377 e. The number of halogens is 2. The highest BCUT2D eigenvalue weighted by Crippen LogP contribution is 2.24. The molecule has 20 heavy (non-hydrogen) atoms. The first-order valence-electron chi connectivity index (χ1n) is 6.72. The van der Waals surface area contributed by atoms with Crippen molar-refractivity contribution in [3.63, 3.8) is 0 Å². The van der Waals surface area contributed by atoms with E-state index in [1.807, 2.05) is 0 Å². The highest BCUT2D eigenvalue weighted by molar-refractivity contribution is 6.42. The van der Waals surface area contributed by atoms with Gasteiger partial charge in [0.2, 0.25) is 5.91 Å². The fourth-order valence-corrected chi connectivity index (χ4v) is 2.37. The summed E-state index contributed by atoms with van der Waals surface area (Å²) in [5.41, 5.74) is 0.656. The monoisotopic (exact) mass is 316 g/mol. The summed E-state index contributed by atoms with van der Waals surface area (Å²) in [4.78, 5) is 11.7. The molecule has 1 atom stereocenters. The van der Waals surface area contributed by atoms with Crippen molar-refractivity contribution in [3.05, 3.63) is 28.2 Å². The van der Waals surface area contributed by atoms with Crippen LogP contribution in [0, 0.1) is 0 Å². The molecule has 6 heteroatoms. The maximum atomic E-state index is 11.7. The zero-order valence-corrected chi connectivity index (χ0v) is 12.6. The summed E-state index contributed by atoms with van der Waals surface area (Å²) in [6, 6.07) is 5.03. The molecule has 0 aromatic heterocycles. The molecule has 2 rings (SSSR count). The predicted molar refractivity (Wildman–Crippen MR) is 81.6 cm³/mol. The number of hydrogen-bond donors (Lipinski definition) is 2. The Hall–Kier alpha value is -0.810. The van der Waals surface area contributed by atoms with Crippen LogP contribution in [0.5, 0.6) is 0 Å². The van der Waals surface area contributed by atoms with Gasteiger partial charge in [-0.05, 0) is 31.0 Å². The van der Waals surface area contributed by atoms with E-state index < -0.39 is 0 Å². The van der Waals surface area contributed by atoms with Gasteiger partial charge in [-0.15, -0.1) is 0 Å². The normalized spacial score (nSPS) is 18.2. The molecule has 0 saturated carbocycles. The quantitative estimate of drug-likeness (QED) is 0.793. The van der Waals surface area contributed by atoms with Crippen LogP contribution in [0.25, 0.3) is 0 Å². The molecule has 1 aliphatic rings. The molecular weight excluding hydrogens is 299 g/mol. The second kappa shape index (κ2) is 7.84. The smallest absolute Gasteiger partial charge is 0.225 e. The van der Waals surface area contributed by atoms with E-state index >= 15 is 0 Å². The van der Waals surface area contributed by atoms with Crippen LogP contribution in [-0.4, -0.2) is 31.7 Å². The van der Waals surface area contributed by atoms with Gasteiger partial charge in [0.05, 0.1) is 16.1 Å². The Kier molecular flexibility index (Phi) is 6.10. The molecule has 1 aromatic rings. The van der Waals surface area contributed by atoms with Gasteiger partial charge >= 0.3 is 0 Å². The molecule has 1 saturated heterocycles. The van der Waals surface area contributed by atoms with E-state index in [0.717, 1.165) is 26.0 Å². The van der Waals surface area contributed by atoms with Crippen molar-refractivity contribution in [3.8, 4) is 0 Å². The highest BCUT2D eigenvalue weighted by atomic mass is 35.5. The van der Waals surface area contributed by atoms with Crippen molar-refractivity contribution in [2.45, 2.75) is 25.4 Å². The first kappa shape index (κ1) is 15.6. The summed E-state index contributed by atoms with van der Waals surface area (Å²) >= 11 is 11.7. The van der Waals surface area contributed by atoms with Crippen LogP contribution in [-0.2, 0) is 9.53 Å². The Morgan fingerprint density at radius 3 is 2.90 bits per heavy atom. The predicted octanol–water partition coefficient (Wildman–Crippen LogP) is 3.09. The van der Waals surface area contributed by atoms with Gasteiger partial charge in [-0.25, -0.2) is 0 Å². The Morgan fingerprint density at radius 2 is 2.20 bits per heavy atom. The largest absolute Gasteiger partial charge is 0.377 e. The fourth-order valence-electron chi connectivity index (χ4n) is 2.07. The maximum absolute atomic E-state index is 11.7. The van der Waals surface area contributed by atoms with Crippen molar-refractivity contribution in [1.82, 2.24) is 5.32 Å². The number of amides is 1. The molecule has 0 aliphatic carbocycles. The summed E-state index contributed by atoms with van der Waals surface area (Å²) in [6.07, 6.45) is 2.94. The second-order valence-corrected chi connectivity index (χ2v) is 5.58. The molecule has 0 spiro atoms. The first-order chi connectivity index (χ1) is 9.65. The van der Waals surface area contributed by atoms with Gasteiger partial charge < -0.3 is 15.4 Å². The molecule has 1 heterocycles. The Labute approximate surface area is 128 Å². The van der Waals surface area contributed by atoms with E-state index in [-0.39, 0.29) is 5.91 Å². The van der Waals surface area contributed by atoms with Crippen LogP contribution < -0.4 is 10.6 Å². The van der Waals surface area contributed by atoms with Crippen molar-refractivity contribution in [1.29, 1.82) is 0 Å². The lowest BCUT2D eigenvalue weighted by molar-refractivity contribution is -0.116. The third-order valence-corrected chi connectivity index (χ3v) is 3.87. The highest BCUT2D eigenvalue weighted by Gasteiger charge is 2.14. The number of carbonyl (C=O) groups excluding carboxylic acids is 1. The van der Waals surface area contributed by atoms with Crippen LogP contribution in [0.4, 0.5) is 5.69 Å². The van der Waals surface area contributed by atoms with Crippen LogP contribution in [0.2, 0.25) is 10.0 Å². The molecular formula is C14H18Cl2N2O2. The third-order valence-electron chi connectivity index (χ3n) is 3.13. The van der Waals surface area contributed by atoms with Crippen LogP contribution >= 0.6 is 23.2 Å². The molecule has 110 valence electrons. The minimum atomic E-state index is -0.0526. The van der Waals surface area contributed by atoms with Crippen LogP contribution in [0.3, 0.4) is 0 Å². The average molecular weight is 317 g/mol. The fraction of sp³-hybridized carbons (Fsp3) is 0.500. The molecule has 2 N–H and O–H groups in total. The number of benzene rings is 1. The van der Waals surface area contributed by atoms with Gasteiger partial charge in [-0.2, -0.15) is 0 Å². The zero-order chi connectivity index (χ0) is 14.4. The van der Waals surface area contributed by atoms with Crippen LogP contribution in [0.15, 0.2) is 18.2 Å². The van der Waals surface area contributed by atoms with E-state index in [0.29, 0.717) is 34.8 Å².